The molecule has 0 unspecified atom stereocenters. The summed E-state index contributed by atoms with van der Waals surface area (Å²) >= 11 is 0. The number of ether oxygens (including phenoxy) is 1. The van der Waals surface area contributed by atoms with Crippen LogP contribution in [0.25, 0.3) is 0 Å². The molecule has 0 bridgehead atoms. The van der Waals surface area contributed by atoms with Gasteiger partial charge in [-0.05, 0) is 38.5 Å². The van der Waals surface area contributed by atoms with Gasteiger partial charge in [-0.3, -0.25) is 4.79 Å². The number of rotatable bonds is 3. The number of hydrogen-bond donors (Lipinski definition) is 1. The van der Waals surface area contributed by atoms with E-state index in [0.717, 1.165) is 25.9 Å². The molecule has 1 fully saturated rings. The van der Waals surface area contributed by atoms with Crippen LogP contribution in [0.3, 0.4) is 0 Å². The van der Waals surface area contributed by atoms with Crippen LogP contribution < -0.4 is 0 Å². The molecule has 6 nitrogen and oxygen atoms in total. The monoisotopic (exact) mass is 303 g/mol. The normalized spacial score (nSPS) is 23.9. The number of likely N-dealkylation sites (tertiary alicyclic amines) is 1. The summed E-state index contributed by atoms with van der Waals surface area (Å²) in [6.07, 6.45) is 5.73. The fourth-order valence-corrected chi connectivity index (χ4v) is 3.42. The first-order valence-electron chi connectivity index (χ1n) is 7.75. The summed E-state index contributed by atoms with van der Waals surface area (Å²) in [6.45, 7) is 5.63. The average Bonchev–Trinajstić information content (AvgIpc) is 3.12. The molecule has 1 amide bonds. The van der Waals surface area contributed by atoms with Crippen molar-refractivity contribution in [1.82, 2.24) is 14.9 Å². The molecule has 1 saturated heterocycles. The van der Waals surface area contributed by atoms with Gasteiger partial charge in [0.25, 0.3) is 5.91 Å². The Kier molecular flexibility index (Phi) is 4.00. The zero-order valence-electron chi connectivity index (χ0n) is 13.0. The Morgan fingerprint density at radius 3 is 2.95 bits per heavy atom. The third kappa shape index (κ3) is 2.65. The number of fused-ring (bicyclic) bond motifs is 1. The van der Waals surface area contributed by atoms with Crippen molar-refractivity contribution in [2.24, 2.45) is 11.8 Å². The Balaban J connectivity index is 1.74. The first kappa shape index (κ1) is 14.8. The summed E-state index contributed by atoms with van der Waals surface area (Å²) in [6, 6.07) is 0. The molecule has 118 valence electrons. The molecular formula is C16H21N3O3. The van der Waals surface area contributed by atoms with Crippen LogP contribution in [-0.2, 0) is 4.74 Å². The smallest absolute Gasteiger partial charge is 0.357 e. The highest BCUT2D eigenvalue weighted by atomic mass is 16.5. The van der Waals surface area contributed by atoms with Gasteiger partial charge in [-0.15, -0.1) is 0 Å². The maximum Gasteiger partial charge on any atom is 0.357 e. The van der Waals surface area contributed by atoms with Crippen LogP contribution in [-0.4, -0.2) is 46.4 Å². The summed E-state index contributed by atoms with van der Waals surface area (Å²) < 4.78 is 4.96. The Labute approximate surface area is 129 Å². The van der Waals surface area contributed by atoms with Gasteiger partial charge in [0.05, 0.1) is 12.9 Å². The van der Waals surface area contributed by atoms with E-state index in [-0.39, 0.29) is 23.9 Å². The molecule has 3 rings (SSSR count). The van der Waals surface area contributed by atoms with Gasteiger partial charge < -0.3 is 14.6 Å². The van der Waals surface area contributed by atoms with Crippen molar-refractivity contribution in [2.45, 2.75) is 26.7 Å². The van der Waals surface area contributed by atoms with E-state index in [1.165, 1.54) is 11.9 Å². The predicted molar refractivity (Wildman–Crippen MR) is 80.4 cm³/mol. The molecular weight excluding hydrogens is 282 g/mol. The number of hydrogen-bond acceptors (Lipinski definition) is 4. The number of carbonyl (C=O) groups excluding carboxylic acids is 2. The fraction of sp³-hybridized carbons (Fsp3) is 0.562. The van der Waals surface area contributed by atoms with Crippen molar-refractivity contribution in [1.29, 1.82) is 0 Å². The number of H-pyrrole nitrogens is 1. The van der Waals surface area contributed by atoms with Crippen LogP contribution in [0.15, 0.2) is 18.0 Å². The zero-order valence-corrected chi connectivity index (χ0v) is 13.0. The highest BCUT2D eigenvalue weighted by Gasteiger charge is 2.38. The van der Waals surface area contributed by atoms with E-state index in [1.54, 1.807) is 6.92 Å². The zero-order chi connectivity index (χ0) is 15.7. The number of esters is 1. The van der Waals surface area contributed by atoms with E-state index in [9.17, 15) is 9.59 Å². The number of carbonyl (C=O) groups is 2. The molecule has 22 heavy (non-hydrogen) atoms. The Hall–Kier alpha value is -2.11. The van der Waals surface area contributed by atoms with Gasteiger partial charge in [-0.25, -0.2) is 9.78 Å². The van der Waals surface area contributed by atoms with Crippen LogP contribution in [0.4, 0.5) is 0 Å². The number of allylic oxidation sites excluding steroid dienone is 2. The van der Waals surface area contributed by atoms with Crippen molar-refractivity contribution >= 4 is 11.9 Å². The van der Waals surface area contributed by atoms with Crippen LogP contribution in [0.2, 0.25) is 0 Å². The number of nitrogens with zero attached hydrogens (tertiary/aromatic N) is 2. The summed E-state index contributed by atoms with van der Waals surface area (Å²) in [5, 5.41) is 0. The van der Waals surface area contributed by atoms with E-state index in [0.29, 0.717) is 11.8 Å². The van der Waals surface area contributed by atoms with E-state index >= 15 is 0 Å². The van der Waals surface area contributed by atoms with Crippen LogP contribution in [0, 0.1) is 11.8 Å². The molecule has 1 N–H and O–H groups in total. The maximum atomic E-state index is 12.7. The lowest BCUT2D eigenvalue weighted by Gasteiger charge is -2.21. The number of nitrogens with one attached hydrogen (secondary N) is 1. The lowest BCUT2D eigenvalue weighted by molar-refractivity contribution is 0.0513. The van der Waals surface area contributed by atoms with Crippen LogP contribution >= 0.6 is 0 Å². The molecule has 2 atom stereocenters. The van der Waals surface area contributed by atoms with Gasteiger partial charge in [0, 0.05) is 13.1 Å². The van der Waals surface area contributed by atoms with Gasteiger partial charge in [0.2, 0.25) is 0 Å². The van der Waals surface area contributed by atoms with Crippen molar-refractivity contribution in [3.8, 4) is 0 Å². The summed E-state index contributed by atoms with van der Waals surface area (Å²) in [7, 11) is 0. The van der Waals surface area contributed by atoms with Crippen molar-refractivity contribution < 1.29 is 14.3 Å². The van der Waals surface area contributed by atoms with E-state index < -0.39 is 5.97 Å². The molecule has 0 spiro atoms. The molecule has 6 heteroatoms. The number of aromatic amines is 1. The first-order valence-corrected chi connectivity index (χ1v) is 7.75. The number of amides is 1. The first-order chi connectivity index (χ1) is 10.6. The molecule has 0 saturated carbocycles. The molecule has 2 aliphatic rings. The Morgan fingerprint density at radius 2 is 2.18 bits per heavy atom. The Morgan fingerprint density at radius 1 is 1.41 bits per heavy atom. The minimum Gasteiger partial charge on any atom is -0.461 e. The molecule has 1 aliphatic heterocycles. The molecule has 0 radical (unpaired) electrons. The minimum atomic E-state index is -0.530. The standard InChI is InChI=1S/C16H21N3O3/c1-3-22-16(21)14-13(17-9-18-14)15(20)19-7-11-5-4-10(2)6-12(11)8-19/h4,9,11-12H,3,5-8H2,1-2H3,(H,17,18)/t11-,12+/m0/s1. The van der Waals surface area contributed by atoms with Crippen molar-refractivity contribution in [3.63, 3.8) is 0 Å². The van der Waals surface area contributed by atoms with Crippen molar-refractivity contribution in [2.75, 3.05) is 19.7 Å². The fourth-order valence-electron chi connectivity index (χ4n) is 3.42. The van der Waals surface area contributed by atoms with E-state index in [1.807, 2.05) is 4.90 Å². The average molecular weight is 303 g/mol. The Bertz CT molecular complexity index is 620. The third-order valence-corrected chi connectivity index (χ3v) is 4.54. The van der Waals surface area contributed by atoms with Crippen LogP contribution in [0.5, 0.6) is 0 Å². The molecule has 1 aromatic heterocycles. The third-order valence-electron chi connectivity index (χ3n) is 4.54. The van der Waals surface area contributed by atoms with Gasteiger partial charge in [0.15, 0.2) is 11.4 Å². The SMILES string of the molecule is CCOC(=O)c1[nH]cnc1C(=O)N1C[C@H]2CC(C)=CC[C@H]2C1. The topological polar surface area (TPSA) is 75.3 Å². The minimum absolute atomic E-state index is 0.149. The second-order valence-corrected chi connectivity index (χ2v) is 6.07. The molecule has 0 aromatic carbocycles. The van der Waals surface area contributed by atoms with Gasteiger partial charge in [0.1, 0.15) is 0 Å². The molecule has 1 aromatic rings. The van der Waals surface area contributed by atoms with Gasteiger partial charge in [-0.1, -0.05) is 11.6 Å². The lowest BCUT2D eigenvalue weighted by Crippen LogP contribution is -2.30. The van der Waals surface area contributed by atoms with E-state index in [2.05, 4.69) is 23.0 Å². The highest BCUT2D eigenvalue weighted by molar-refractivity contribution is 6.02. The van der Waals surface area contributed by atoms with Crippen LogP contribution in [0.1, 0.15) is 47.7 Å². The quantitative estimate of drug-likeness (QED) is 0.684. The molecule has 2 heterocycles. The summed E-state index contributed by atoms with van der Waals surface area (Å²) in [5.74, 6) is 0.338. The van der Waals surface area contributed by atoms with E-state index in [4.69, 9.17) is 4.74 Å². The van der Waals surface area contributed by atoms with Crippen molar-refractivity contribution in [3.05, 3.63) is 29.4 Å². The highest BCUT2D eigenvalue weighted by Crippen LogP contribution is 2.36. The summed E-state index contributed by atoms with van der Waals surface area (Å²) in [5.41, 5.74) is 1.72. The second kappa shape index (κ2) is 5.94. The van der Waals surface area contributed by atoms with Gasteiger partial charge in [-0.2, -0.15) is 0 Å². The van der Waals surface area contributed by atoms with Gasteiger partial charge >= 0.3 is 5.97 Å². The second-order valence-electron chi connectivity index (χ2n) is 6.07. The predicted octanol–water partition coefficient (Wildman–Crippen LogP) is 2.01. The summed E-state index contributed by atoms with van der Waals surface area (Å²) in [4.78, 5) is 33.1. The largest absolute Gasteiger partial charge is 0.461 e. The lowest BCUT2D eigenvalue weighted by atomic mass is 9.83. The molecule has 1 aliphatic carbocycles. The number of imidazole rings is 1. The number of aromatic nitrogens is 2. The maximum absolute atomic E-state index is 12.7.